The molecule has 0 radical (unpaired) electrons. The minimum atomic E-state index is 0.246. The Morgan fingerprint density at radius 3 is 2.88 bits per heavy atom. The lowest BCUT2D eigenvalue weighted by atomic mass is 9.84. The molecule has 1 atom stereocenters. The van der Waals surface area contributed by atoms with Gasteiger partial charge in [0.2, 0.25) is 5.91 Å². The Labute approximate surface area is 95.0 Å². The number of aromatic nitrogens is 2. The molecule has 1 aromatic rings. The van der Waals surface area contributed by atoms with Crippen molar-refractivity contribution in [3.8, 4) is 0 Å². The van der Waals surface area contributed by atoms with E-state index in [2.05, 4.69) is 15.1 Å². The van der Waals surface area contributed by atoms with Crippen molar-refractivity contribution in [3.05, 3.63) is 18.0 Å². The maximum Gasteiger partial charge on any atom is 0.226 e. The fourth-order valence-electron chi connectivity index (χ4n) is 2.70. The molecule has 0 aromatic carbocycles. The van der Waals surface area contributed by atoms with E-state index in [1.165, 1.54) is 6.42 Å². The van der Waals surface area contributed by atoms with Gasteiger partial charge in [0.15, 0.2) is 0 Å². The molecule has 0 bridgehead atoms. The van der Waals surface area contributed by atoms with Gasteiger partial charge >= 0.3 is 0 Å². The third-order valence-electron chi connectivity index (χ3n) is 3.87. The van der Waals surface area contributed by atoms with E-state index in [1.807, 2.05) is 6.07 Å². The molecular weight excluding hydrogens is 202 g/mol. The van der Waals surface area contributed by atoms with E-state index < -0.39 is 0 Å². The first-order chi connectivity index (χ1) is 7.86. The standard InChI is InChI=1S/C12H17N3O/c16-12(9-3-1-4-9)15-8-2-5-11(15)10-6-7-13-14-10/h6-7,9,11H,1-5,8H2,(H,13,14). The fourth-order valence-corrected chi connectivity index (χ4v) is 2.70. The number of likely N-dealkylation sites (tertiary alicyclic amines) is 1. The second-order valence-electron chi connectivity index (χ2n) is 4.83. The lowest BCUT2D eigenvalue weighted by Gasteiger charge is -2.32. The molecule has 3 rings (SSSR count). The number of carbonyl (C=O) groups is 1. The van der Waals surface area contributed by atoms with Crippen molar-refractivity contribution < 1.29 is 4.79 Å². The summed E-state index contributed by atoms with van der Waals surface area (Å²) in [5, 5.41) is 6.97. The summed E-state index contributed by atoms with van der Waals surface area (Å²) in [6.45, 7) is 0.916. The fraction of sp³-hybridized carbons (Fsp3) is 0.667. The van der Waals surface area contributed by atoms with Gasteiger partial charge in [-0.05, 0) is 31.7 Å². The second kappa shape index (κ2) is 3.92. The van der Waals surface area contributed by atoms with Gasteiger partial charge in [-0.1, -0.05) is 6.42 Å². The minimum Gasteiger partial charge on any atom is -0.334 e. The number of hydrogen-bond donors (Lipinski definition) is 1. The number of amides is 1. The first-order valence-corrected chi connectivity index (χ1v) is 6.16. The lowest BCUT2D eigenvalue weighted by Crippen LogP contribution is -2.38. The van der Waals surface area contributed by atoms with Crippen molar-refractivity contribution in [2.75, 3.05) is 6.54 Å². The van der Waals surface area contributed by atoms with Crippen molar-refractivity contribution in [3.63, 3.8) is 0 Å². The van der Waals surface area contributed by atoms with Crippen LogP contribution in [0.25, 0.3) is 0 Å². The molecule has 16 heavy (non-hydrogen) atoms. The Balaban J connectivity index is 1.76. The van der Waals surface area contributed by atoms with Crippen molar-refractivity contribution in [2.45, 2.75) is 38.1 Å². The van der Waals surface area contributed by atoms with E-state index in [0.717, 1.165) is 37.9 Å². The maximum absolute atomic E-state index is 12.2. The predicted molar refractivity (Wildman–Crippen MR) is 59.6 cm³/mol. The topological polar surface area (TPSA) is 49.0 Å². The van der Waals surface area contributed by atoms with Crippen LogP contribution in [0.1, 0.15) is 43.8 Å². The summed E-state index contributed by atoms with van der Waals surface area (Å²) in [4.78, 5) is 14.3. The molecule has 2 heterocycles. The molecule has 0 spiro atoms. The normalized spacial score (nSPS) is 25.8. The smallest absolute Gasteiger partial charge is 0.226 e. The van der Waals surface area contributed by atoms with Crippen molar-refractivity contribution >= 4 is 5.91 Å². The van der Waals surface area contributed by atoms with Crippen LogP contribution in [0.5, 0.6) is 0 Å². The van der Waals surface area contributed by atoms with E-state index >= 15 is 0 Å². The van der Waals surface area contributed by atoms with Gasteiger partial charge in [0.05, 0.1) is 11.7 Å². The highest BCUT2D eigenvalue weighted by molar-refractivity contribution is 5.80. The first-order valence-electron chi connectivity index (χ1n) is 6.16. The van der Waals surface area contributed by atoms with Crippen molar-refractivity contribution in [2.24, 2.45) is 5.92 Å². The third-order valence-corrected chi connectivity index (χ3v) is 3.87. The molecule has 1 saturated carbocycles. The van der Waals surface area contributed by atoms with Crippen LogP contribution in [-0.4, -0.2) is 27.5 Å². The number of aromatic amines is 1. The average Bonchev–Trinajstić information content (AvgIpc) is 2.85. The monoisotopic (exact) mass is 219 g/mol. The summed E-state index contributed by atoms with van der Waals surface area (Å²) in [5.74, 6) is 0.673. The summed E-state index contributed by atoms with van der Waals surface area (Å²) in [7, 11) is 0. The average molecular weight is 219 g/mol. The van der Waals surface area contributed by atoms with Crippen LogP contribution in [0.15, 0.2) is 12.3 Å². The van der Waals surface area contributed by atoms with Gasteiger partial charge in [0.25, 0.3) is 0 Å². The molecule has 1 amide bonds. The van der Waals surface area contributed by atoms with Crippen LogP contribution in [0.2, 0.25) is 0 Å². The number of carbonyl (C=O) groups excluding carboxylic acids is 1. The first kappa shape index (κ1) is 9.87. The van der Waals surface area contributed by atoms with Crippen LogP contribution in [0.3, 0.4) is 0 Å². The molecule has 2 fully saturated rings. The summed E-state index contributed by atoms with van der Waals surface area (Å²) in [6, 6.07) is 2.23. The van der Waals surface area contributed by atoms with Crippen LogP contribution < -0.4 is 0 Å². The number of rotatable bonds is 2. The molecule has 1 aliphatic carbocycles. The Morgan fingerprint density at radius 2 is 2.25 bits per heavy atom. The molecule has 1 aromatic heterocycles. The second-order valence-corrected chi connectivity index (χ2v) is 4.83. The lowest BCUT2D eigenvalue weighted by molar-refractivity contribution is -0.139. The Morgan fingerprint density at radius 1 is 1.38 bits per heavy atom. The summed E-state index contributed by atoms with van der Waals surface area (Å²) in [5.41, 5.74) is 1.09. The van der Waals surface area contributed by atoms with Gasteiger partial charge < -0.3 is 4.90 Å². The predicted octanol–water partition coefficient (Wildman–Crippen LogP) is 1.87. The van der Waals surface area contributed by atoms with E-state index in [9.17, 15) is 4.79 Å². The summed E-state index contributed by atoms with van der Waals surface area (Å²) in [6.07, 6.45) is 7.34. The van der Waals surface area contributed by atoms with Gasteiger partial charge in [0, 0.05) is 18.7 Å². The zero-order valence-electron chi connectivity index (χ0n) is 9.35. The highest BCUT2D eigenvalue weighted by atomic mass is 16.2. The van der Waals surface area contributed by atoms with E-state index in [4.69, 9.17) is 0 Å². The third kappa shape index (κ3) is 1.52. The number of H-pyrrole nitrogens is 1. The van der Waals surface area contributed by atoms with Crippen LogP contribution in [0.4, 0.5) is 0 Å². The van der Waals surface area contributed by atoms with Gasteiger partial charge in [0.1, 0.15) is 0 Å². The molecule has 4 heteroatoms. The Kier molecular flexibility index (Phi) is 2.42. The molecule has 4 nitrogen and oxygen atoms in total. The van der Waals surface area contributed by atoms with Gasteiger partial charge in [-0.3, -0.25) is 9.89 Å². The SMILES string of the molecule is O=C(C1CCC1)N1CCCC1c1ccn[nH]1. The van der Waals surface area contributed by atoms with Gasteiger partial charge in [-0.2, -0.15) is 5.10 Å². The van der Waals surface area contributed by atoms with Crippen LogP contribution >= 0.6 is 0 Å². The van der Waals surface area contributed by atoms with Crippen LogP contribution in [-0.2, 0) is 4.79 Å². The Bertz CT molecular complexity index is 370. The summed E-state index contributed by atoms with van der Waals surface area (Å²) >= 11 is 0. The Hall–Kier alpha value is -1.32. The minimum absolute atomic E-state index is 0.246. The number of nitrogens with zero attached hydrogens (tertiary/aromatic N) is 2. The molecule has 1 aliphatic heterocycles. The highest BCUT2D eigenvalue weighted by Gasteiger charge is 2.36. The molecule has 1 saturated heterocycles. The molecular formula is C12H17N3O. The molecule has 2 aliphatic rings. The molecule has 86 valence electrons. The highest BCUT2D eigenvalue weighted by Crippen LogP contribution is 2.36. The van der Waals surface area contributed by atoms with Crippen molar-refractivity contribution in [1.82, 2.24) is 15.1 Å². The van der Waals surface area contributed by atoms with E-state index in [0.29, 0.717) is 11.8 Å². The number of nitrogens with one attached hydrogen (secondary N) is 1. The van der Waals surface area contributed by atoms with Crippen molar-refractivity contribution in [1.29, 1.82) is 0 Å². The van der Waals surface area contributed by atoms with Gasteiger partial charge in [-0.15, -0.1) is 0 Å². The summed E-state index contributed by atoms with van der Waals surface area (Å²) < 4.78 is 0. The molecule has 1 unspecified atom stereocenters. The largest absolute Gasteiger partial charge is 0.334 e. The van der Waals surface area contributed by atoms with Gasteiger partial charge in [-0.25, -0.2) is 0 Å². The zero-order chi connectivity index (χ0) is 11.0. The maximum atomic E-state index is 12.2. The van der Waals surface area contributed by atoms with E-state index in [1.54, 1.807) is 6.20 Å². The quantitative estimate of drug-likeness (QED) is 0.825. The molecule has 1 N–H and O–H groups in total. The van der Waals surface area contributed by atoms with E-state index in [-0.39, 0.29) is 6.04 Å². The zero-order valence-corrected chi connectivity index (χ0v) is 9.35. The van der Waals surface area contributed by atoms with Crippen LogP contribution in [0, 0.1) is 5.92 Å². The number of hydrogen-bond acceptors (Lipinski definition) is 2.